The third-order valence-corrected chi connectivity index (χ3v) is 3.76. The number of anilines is 1. The number of aromatic nitrogens is 3. The molecule has 0 aliphatic carbocycles. The maximum Gasteiger partial charge on any atom is 0.236 e. The van der Waals surface area contributed by atoms with Crippen molar-refractivity contribution in [3.8, 4) is 6.07 Å². The summed E-state index contributed by atoms with van der Waals surface area (Å²) in [5, 5.41) is 21.0. The molecule has 96 valence electrons. The van der Waals surface area contributed by atoms with Crippen molar-refractivity contribution in [2.45, 2.75) is 11.9 Å². The molecule has 19 heavy (non-hydrogen) atoms. The van der Waals surface area contributed by atoms with Gasteiger partial charge in [0.2, 0.25) is 11.0 Å². The van der Waals surface area contributed by atoms with Crippen LogP contribution in [-0.4, -0.2) is 26.8 Å². The van der Waals surface area contributed by atoms with Crippen LogP contribution in [0.1, 0.15) is 10.6 Å². The molecule has 1 amide bonds. The molecule has 0 saturated heterocycles. The number of rotatable bonds is 4. The lowest BCUT2D eigenvalue weighted by Gasteiger charge is -2.02. The normalized spacial score (nSPS) is 9.89. The summed E-state index contributed by atoms with van der Waals surface area (Å²) in [5.41, 5.74) is 0.465. The molecule has 0 aliphatic heterocycles. The van der Waals surface area contributed by atoms with Gasteiger partial charge in [-0.05, 0) is 19.1 Å². The molecule has 8 heteroatoms. The monoisotopic (exact) mass is 291 g/mol. The highest BCUT2D eigenvalue weighted by atomic mass is 32.2. The summed E-state index contributed by atoms with van der Waals surface area (Å²) in [6.45, 7) is 1.81. The maximum absolute atomic E-state index is 11.7. The first kappa shape index (κ1) is 13.5. The molecule has 0 unspecified atom stereocenters. The fraction of sp³-hybridized carbons (Fsp3) is 0.182. The molecule has 6 nitrogen and oxygen atoms in total. The molecule has 2 rings (SSSR count). The van der Waals surface area contributed by atoms with Crippen LogP contribution in [0, 0.1) is 18.3 Å². The van der Waals surface area contributed by atoms with Gasteiger partial charge in [0.05, 0.1) is 11.3 Å². The largest absolute Gasteiger partial charge is 0.300 e. The zero-order chi connectivity index (χ0) is 13.7. The molecule has 0 saturated carbocycles. The second kappa shape index (κ2) is 6.26. The van der Waals surface area contributed by atoms with Crippen LogP contribution in [0.5, 0.6) is 0 Å². The van der Waals surface area contributed by atoms with Crippen LogP contribution in [0.4, 0.5) is 5.13 Å². The number of nitrogens with zero attached hydrogens (tertiary/aromatic N) is 4. The van der Waals surface area contributed by atoms with E-state index in [4.69, 9.17) is 5.26 Å². The van der Waals surface area contributed by atoms with E-state index >= 15 is 0 Å². The van der Waals surface area contributed by atoms with Crippen molar-refractivity contribution in [1.29, 1.82) is 5.26 Å². The lowest BCUT2D eigenvalue weighted by Crippen LogP contribution is -2.14. The number of pyridine rings is 1. The first-order valence-corrected chi connectivity index (χ1v) is 7.07. The fourth-order valence-electron chi connectivity index (χ4n) is 1.23. The van der Waals surface area contributed by atoms with Crippen LogP contribution in [0.25, 0.3) is 0 Å². The minimum Gasteiger partial charge on any atom is -0.300 e. The summed E-state index contributed by atoms with van der Waals surface area (Å²) in [4.78, 5) is 15.8. The average molecular weight is 291 g/mol. The Morgan fingerprint density at radius 3 is 3.11 bits per heavy atom. The van der Waals surface area contributed by atoms with Gasteiger partial charge in [0.1, 0.15) is 16.1 Å². The standard InChI is InChI=1S/C11H9N5OS2/c1-7-15-16-11(19-7)14-9(17)6-18-10-8(5-12)3-2-4-13-10/h2-4H,6H2,1H3,(H,14,16,17). The first-order valence-electron chi connectivity index (χ1n) is 5.27. The molecular formula is C11H9N5OS2. The zero-order valence-electron chi connectivity index (χ0n) is 9.95. The number of hydrogen-bond donors (Lipinski definition) is 1. The van der Waals surface area contributed by atoms with Gasteiger partial charge in [-0.1, -0.05) is 23.1 Å². The highest BCUT2D eigenvalue weighted by Crippen LogP contribution is 2.20. The van der Waals surface area contributed by atoms with Gasteiger partial charge in [0, 0.05) is 6.20 Å². The maximum atomic E-state index is 11.7. The smallest absolute Gasteiger partial charge is 0.236 e. The molecule has 0 aromatic carbocycles. The van der Waals surface area contributed by atoms with E-state index in [1.54, 1.807) is 18.3 Å². The molecule has 0 spiro atoms. The van der Waals surface area contributed by atoms with Crippen molar-refractivity contribution in [2.75, 3.05) is 11.1 Å². The van der Waals surface area contributed by atoms with Crippen LogP contribution >= 0.6 is 23.1 Å². The van der Waals surface area contributed by atoms with Crippen molar-refractivity contribution < 1.29 is 4.79 Å². The summed E-state index contributed by atoms with van der Waals surface area (Å²) in [7, 11) is 0. The van der Waals surface area contributed by atoms with Gasteiger partial charge >= 0.3 is 0 Å². The summed E-state index contributed by atoms with van der Waals surface area (Å²) >= 11 is 2.53. The van der Waals surface area contributed by atoms with Gasteiger partial charge < -0.3 is 0 Å². The molecule has 0 aliphatic rings. The van der Waals surface area contributed by atoms with Crippen LogP contribution in [-0.2, 0) is 4.79 Å². The number of hydrogen-bond acceptors (Lipinski definition) is 7. The SMILES string of the molecule is Cc1nnc(NC(=O)CSc2ncccc2C#N)s1. The summed E-state index contributed by atoms with van der Waals surface area (Å²) in [6.07, 6.45) is 1.59. The minimum atomic E-state index is -0.198. The van der Waals surface area contributed by atoms with Gasteiger partial charge in [-0.3, -0.25) is 10.1 Å². The number of amides is 1. The highest BCUT2D eigenvalue weighted by Gasteiger charge is 2.09. The number of carbonyl (C=O) groups excluding carboxylic acids is 1. The Bertz CT molecular complexity index is 634. The predicted molar refractivity (Wildman–Crippen MR) is 73.0 cm³/mol. The summed E-state index contributed by atoms with van der Waals surface area (Å²) in [6, 6.07) is 5.39. The van der Waals surface area contributed by atoms with Crippen LogP contribution in [0.15, 0.2) is 23.4 Å². The third kappa shape index (κ3) is 3.74. The van der Waals surface area contributed by atoms with Gasteiger partial charge in [0.15, 0.2) is 0 Å². The van der Waals surface area contributed by atoms with Crippen molar-refractivity contribution in [1.82, 2.24) is 15.2 Å². The summed E-state index contributed by atoms with van der Waals surface area (Å²) < 4.78 is 0. The van der Waals surface area contributed by atoms with Crippen molar-refractivity contribution in [2.24, 2.45) is 0 Å². The molecule has 0 bridgehead atoms. The molecular weight excluding hydrogens is 282 g/mol. The van der Waals surface area contributed by atoms with Crippen molar-refractivity contribution in [3.05, 3.63) is 28.9 Å². The van der Waals surface area contributed by atoms with Gasteiger partial charge in [-0.15, -0.1) is 10.2 Å². The fourth-order valence-corrected chi connectivity index (χ4v) is 2.58. The van der Waals surface area contributed by atoms with E-state index in [-0.39, 0.29) is 11.7 Å². The number of thioether (sulfide) groups is 1. The van der Waals surface area contributed by atoms with Crippen molar-refractivity contribution >= 4 is 34.1 Å². The van der Waals surface area contributed by atoms with Crippen LogP contribution < -0.4 is 5.32 Å². The van der Waals surface area contributed by atoms with E-state index in [0.717, 1.165) is 5.01 Å². The van der Waals surface area contributed by atoms with Crippen molar-refractivity contribution in [3.63, 3.8) is 0 Å². The lowest BCUT2D eigenvalue weighted by molar-refractivity contribution is -0.113. The summed E-state index contributed by atoms with van der Waals surface area (Å²) in [5.74, 6) is -0.0275. The molecule has 0 radical (unpaired) electrons. The first-order chi connectivity index (χ1) is 9.19. The predicted octanol–water partition coefficient (Wildman–Crippen LogP) is 1.84. The molecule has 2 heterocycles. The quantitative estimate of drug-likeness (QED) is 0.864. The third-order valence-electron chi connectivity index (χ3n) is 2.00. The van der Waals surface area contributed by atoms with E-state index in [9.17, 15) is 4.79 Å². The van der Waals surface area contributed by atoms with E-state index in [1.165, 1.54) is 23.1 Å². The van der Waals surface area contributed by atoms with Gasteiger partial charge in [-0.25, -0.2) is 4.98 Å². The Kier molecular flexibility index (Phi) is 4.43. The molecule has 0 atom stereocenters. The second-order valence-corrected chi connectivity index (χ2v) is 5.58. The van der Waals surface area contributed by atoms with E-state index < -0.39 is 0 Å². The molecule has 0 fully saturated rings. The van der Waals surface area contributed by atoms with E-state index in [2.05, 4.69) is 20.5 Å². The van der Waals surface area contributed by atoms with E-state index in [0.29, 0.717) is 15.7 Å². The Labute approximate surface area is 117 Å². The number of nitrogens with one attached hydrogen (secondary N) is 1. The minimum absolute atomic E-state index is 0.171. The number of nitriles is 1. The zero-order valence-corrected chi connectivity index (χ0v) is 11.6. The Hall–Kier alpha value is -1.98. The van der Waals surface area contributed by atoms with Gasteiger partial charge in [-0.2, -0.15) is 5.26 Å². The highest BCUT2D eigenvalue weighted by molar-refractivity contribution is 8.00. The number of aryl methyl sites for hydroxylation is 1. The molecule has 1 N–H and O–H groups in total. The lowest BCUT2D eigenvalue weighted by atomic mass is 10.3. The Balaban J connectivity index is 1.92. The molecule has 2 aromatic heterocycles. The molecule has 2 aromatic rings. The Morgan fingerprint density at radius 2 is 2.42 bits per heavy atom. The number of carbonyl (C=O) groups is 1. The van der Waals surface area contributed by atoms with Gasteiger partial charge in [0.25, 0.3) is 0 Å². The van der Waals surface area contributed by atoms with Crippen LogP contribution in [0.2, 0.25) is 0 Å². The van der Waals surface area contributed by atoms with Crippen LogP contribution in [0.3, 0.4) is 0 Å². The Morgan fingerprint density at radius 1 is 1.58 bits per heavy atom. The van der Waals surface area contributed by atoms with E-state index in [1.807, 2.05) is 13.0 Å². The average Bonchev–Trinajstić information content (AvgIpc) is 2.82. The topological polar surface area (TPSA) is 91.6 Å². The second-order valence-electron chi connectivity index (χ2n) is 3.43.